The summed E-state index contributed by atoms with van der Waals surface area (Å²) in [5, 5.41) is 12.4. The summed E-state index contributed by atoms with van der Waals surface area (Å²) in [7, 11) is 0. The molecule has 2 aromatic rings. The molecule has 1 amide bonds. The van der Waals surface area contributed by atoms with Crippen LogP contribution in [0.25, 0.3) is 0 Å². The summed E-state index contributed by atoms with van der Waals surface area (Å²) in [5.41, 5.74) is 1.23. The Balaban J connectivity index is 2.11. The Bertz CT molecular complexity index is 586. The van der Waals surface area contributed by atoms with E-state index in [-0.39, 0.29) is 5.91 Å². The third-order valence-electron chi connectivity index (χ3n) is 2.78. The summed E-state index contributed by atoms with van der Waals surface area (Å²) >= 11 is 2.95. The molecule has 6 heteroatoms. The molecule has 0 aromatic carbocycles. The number of amides is 1. The summed E-state index contributed by atoms with van der Waals surface area (Å²) in [5.74, 6) is 0.234. The molecule has 19 heavy (non-hydrogen) atoms. The van der Waals surface area contributed by atoms with Gasteiger partial charge in [-0.1, -0.05) is 32.1 Å². The number of aryl methyl sites for hydroxylation is 2. The highest BCUT2D eigenvalue weighted by molar-refractivity contribution is 7.16. The molecule has 4 nitrogen and oxygen atoms in total. The van der Waals surface area contributed by atoms with Gasteiger partial charge in [0.05, 0.1) is 4.88 Å². The van der Waals surface area contributed by atoms with Crippen LogP contribution in [0.3, 0.4) is 0 Å². The van der Waals surface area contributed by atoms with Gasteiger partial charge in [-0.25, -0.2) is 0 Å². The molecule has 0 saturated carbocycles. The molecule has 1 N–H and O–H groups in total. The molecule has 102 valence electrons. The van der Waals surface area contributed by atoms with Crippen molar-refractivity contribution in [2.75, 3.05) is 5.32 Å². The zero-order chi connectivity index (χ0) is 14.0. The molecule has 0 fully saturated rings. The number of hydrogen-bond donors (Lipinski definition) is 1. The van der Waals surface area contributed by atoms with Gasteiger partial charge in [-0.2, -0.15) is 0 Å². The lowest BCUT2D eigenvalue weighted by Crippen LogP contribution is -2.09. The quantitative estimate of drug-likeness (QED) is 0.932. The number of hydrogen-bond acceptors (Lipinski definition) is 5. The van der Waals surface area contributed by atoms with Crippen molar-refractivity contribution >= 4 is 33.7 Å². The van der Waals surface area contributed by atoms with Crippen molar-refractivity contribution in [1.29, 1.82) is 0 Å². The summed E-state index contributed by atoms with van der Waals surface area (Å²) in [6.45, 7) is 8.25. The minimum Gasteiger partial charge on any atom is -0.296 e. The topological polar surface area (TPSA) is 54.9 Å². The van der Waals surface area contributed by atoms with Crippen LogP contribution in [0, 0.1) is 6.92 Å². The van der Waals surface area contributed by atoms with Gasteiger partial charge in [0, 0.05) is 10.8 Å². The lowest BCUT2D eigenvalue weighted by Gasteiger charge is -1.97. The summed E-state index contributed by atoms with van der Waals surface area (Å²) < 4.78 is 0. The van der Waals surface area contributed by atoms with Crippen molar-refractivity contribution in [1.82, 2.24) is 10.2 Å². The lowest BCUT2D eigenvalue weighted by atomic mass is 10.2. The van der Waals surface area contributed by atoms with Gasteiger partial charge in [-0.3, -0.25) is 10.1 Å². The number of rotatable bonds is 4. The van der Waals surface area contributed by atoms with Gasteiger partial charge >= 0.3 is 0 Å². The van der Waals surface area contributed by atoms with Gasteiger partial charge < -0.3 is 0 Å². The zero-order valence-electron chi connectivity index (χ0n) is 11.5. The van der Waals surface area contributed by atoms with Gasteiger partial charge in [0.15, 0.2) is 0 Å². The van der Waals surface area contributed by atoms with Crippen LogP contribution in [-0.2, 0) is 6.42 Å². The highest BCUT2D eigenvalue weighted by Gasteiger charge is 2.14. The molecule has 0 bridgehead atoms. The fourth-order valence-corrected chi connectivity index (χ4v) is 3.41. The van der Waals surface area contributed by atoms with Crippen molar-refractivity contribution in [3.8, 4) is 0 Å². The first-order chi connectivity index (χ1) is 9.01. The second-order valence-electron chi connectivity index (χ2n) is 4.60. The van der Waals surface area contributed by atoms with E-state index < -0.39 is 0 Å². The van der Waals surface area contributed by atoms with Crippen molar-refractivity contribution in [3.63, 3.8) is 0 Å². The number of nitrogens with one attached hydrogen (secondary N) is 1. The Morgan fingerprint density at radius 1 is 1.37 bits per heavy atom. The van der Waals surface area contributed by atoms with Crippen molar-refractivity contribution in [3.05, 3.63) is 26.4 Å². The van der Waals surface area contributed by atoms with E-state index in [1.54, 1.807) is 0 Å². The van der Waals surface area contributed by atoms with E-state index >= 15 is 0 Å². The van der Waals surface area contributed by atoms with Gasteiger partial charge in [0.2, 0.25) is 5.13 Å². The Morgan fingerprint density at radius 2 is 2.11 bits per heavy atom. The van der Waals surface area contributed by atoms with Crippen LogP contribution in [0.4, 0.5) is 5.13 Å². The Morgan fingerprint density at radius 3 is 2.63 bits per heavy atom. The normalized spacial score (nSPS) is 11.0. The minimum absolute atomic E-state index is 0.0979. The number of thiophene rings is 1. The Labute approximate surface area is 120 Å². The molecule has 2 aromatic heterocycles. The first-order valence-corrected chi connectivity index (χ1v) is 7.88. The van der Waals surface area contributed by atoms with Gasteiger partial charge in [-0.15, -0.1) is 21.5 Å². The Kier molecular flexibility index (Phi) is 4.31. The second-order valence-corrected chi connectivity index (χ2v) is 6.87. The van der Waals surface area contributed by atoms with Crippen LogP contribution in [0.2, 0.25) is 0 Å². The molecule has 0 aliphatic rings. The summed E-state index contributed by atoms with van der Waals surface area (Å²) in [4.78, 5) is 14.0. The van der Waals surface area contributed by atoms with Gasteiger partial charge in [0.25, 0.3) is 5.91 Å². The maximum Gasteiger partial charge on any atom is 0.267 e. The summed E-state index contributed by atoms with van der Waals surface area (Å²) in [6.07, 6.45) is 0.950. The molecule has 0 atom stereocenters. The molecule has 0 radical (unpaired) electrons. The minimum atomic E-state index is -0.0979. The average molecular weight is 295 g/mol. The third kappa shape index (κ3) is 3.19. The van der Waals surface area contributed by atoms with Crippen molar-refractivity contribution in [2.24, 2.45) is 0 Å². The third-order valence-corrected chi connectivity index (χ3v) is 5.01. The molecule has 0 aliphatic carbocycles. The maximum atomic E-state index is 12.1. The van der Waals surface area contributed by atoms with Gasteiger partial charge in [0.1, 0.15) is 5.01 Å². The molecular formula is C13H17N3OS2. The lowest BCUT2D eigenvalue weighted by molar-refractivity contribution is 0.103. The fraction of sp³-hybridized carbons (Fsp3) is 0.462. The number of carbonyl (C=O) groups excluding carboxylic acids is 1. The number of nitrogens with zero attached hydrogens (tertiary/aromatic N) is 2. The van der Waals surface area contributed by atoms with Crippen LogP contribution in [-0.4, -0.2) is 16.1 Å². The molecule has 0 aliphatic heterocycles. The fourth-order valence-electron chi connectivity index (χ4n) is 1.66. The monoisotopic (exact) mass is 295 g/mol. The standard InChI is InChI=1S/C13H17N3OS2/c1-5-9-6-10(18-8(9)4)11(17)14-13-16-15-12(19-13)7(2)3/h6-7H,5H2,1-4H3,(H,14,16,17). The van der Waals surface area contributed by atoms with Gasteiger partial charge in [-0.05, 0) is 25.0 Å². The number of aromatic nitrogens is 2. The first-order valence-electron chi connectivity index (χ1n) is 6.25. The smallest absolute Gasteiger partial charge is 0.267 e. The molecule has 2 heterocycles. The van der Waals surface area contributed by atoms with Crippen LogP contribution < -0.4 is 5.32 Å². The largest absolute Gasteiger partial charge is 0.296 e. The van der Waals surface area contributed by atoms with E-state index in [4.69, 9.17) is 0 Å². The van der Waals surface area contributed by atoms with Crippen LogP contribution in [0.5, 0.6) is 0 Å². The van der Waals surface area contributed by atoms with Crippen LogP contribution in [0.15, 0.2) is 6.07 Å². The van der Waals surface area contributed by atoms with E-state index in [1.165, 1.54) is 33.1 Å². The van der Waals surface area contributed by atoms with Crippen LogP contribution >= 0.6 is 22.7 Å². The van der Waals surface area contributed by atoms with E-state index in [0.717, 1.165) is 16.3 Å². The molecule has 2 rings (SSSR count). The number of anilines is 1. The van der Waals surface area contributed by atoms with E-state index in [0.29, 0.717) is 11.0 Å². The predicted molar refractivity (Wildman–Crippen MR) is 80.4 cm³/mol. The summed E-state index contributed by atoms with van der Waals surface area (Å²) in [6, 6.07) is 1.96. The molecule has 0 saturated heterocycles. The molecule has 0 spiro atoms. The SMILES string of the molecule is CCc1cc(C(=O)Nc2nnc(C(C)C)s2)sc1C. The second kappa shape index (κ2) is 5.79. The molecule has 0 unspecified atom stereocenters. The van der Waals surface area contributed by atoms with Crippen molar-refractivity contribution < 1.29 is 4.79 Å². The van der Waals surface area contributed by atoms with Crippen LogP contribution in [0.1, 0.15) is 51.8 Å². The van der Waals surface area contributed by atoms with E-state index in [2.05, 4.69) is 36.3 Å². The Hall–Kier alpha value is -1.27. The molecular weight excluding hydrogens is 278 g/mol. The van der Waals surface area contributed by atoms with E-state index in [1.807, 2.05) is 13.0 Å². The average Bonchev–Trinajstić information content (AvgIpc) is 2.95. The number of carbonyl (C=O) groups is 1. The van der Waals surface area contributed by atoms with Crippen molar-refractivity contribution in [2.45, 2.75) is 40.0 Å². The highest BCUT2D eigenvalue weighted by atomic mass is 32.1. The van der Waals surface area contributed by atoms with E-state index in [9.17, 15) is 4.79 Å². The zero-order valence-corrected chi connectivity index (χ0v) is 13.1. The maximum absolute atomic E-state index is 12.1. The highest BCUT2D eigenvalue weighted by Crippen LogP contribution is 2.25. The predicted octanol–water partition coefficient (Wildman–Crippen LogP) is 3.85. The first kappa shape index (κ1) is 14.1.